The van der Waals surface area contributed by atoms with E-state index in [0.29, 0.717) is 34.9 Å². The summed E-state index contributed by atoms with van der Waals surface area (Å²) in [6.07, 6.45) is 3.17. The predicted octanol–water partition coefficient (Wildman–Crippen LogP) is 3.58. The number of rotatable bonds is 6. The fourth-order valence-corrected chi connectivity index (χ4v) is 5.31. The van der Waals surface area contributed by atoms with Gasteiger partial charge in [-0.15, -0.1) is 11.3 Å². The second kappa shape index (κ2) is 7.52. The van der Waals surface area contributed by atoms with Gasteiger partial charge in [-0.05, 0) is 35.2 Å². The van der Waals surface area contributed by atoms with Gasteiger partial charge in [-0.1, -0.05) is 24.3 Å². The molecule has 5 aromatic rings. The zero-order chi connectivity index (χ0) is 21.4. The fraction of sp³-hybridized carbons (Fsp3) is 0.0500. The van der Waals surface area contributed by atoms with E-state index in [9.17, 15) is 8.42 Å². The van der Waals surface area contributed by atoms with Crippen LogP contribution < -0.4 is 10.5 Å². The Bertz CT molecular complexity index is 1460. The van der Waals surface area contributed by atoms with E-state index in [2.05, 4.69) is 19.7 Å². The maximum absolute atomic E-state index is 12.7. The molecule has 0 spiro atoms. The van der Waals surface area contributed by atoms with Gasteiger partial charge in [0.1, 0.15) is 15.4 Å². The Labute approximate surface area is 181 Å². The van der Waals surface area contributed by atoms with Crippen molar-refractivity contribution in [1.82, 2.24) is 19.5 Å². The highest BCUT2D eigenvalue weighted by molar-refractivity contribution is 7.94. The number of sulfonamides is 1. The van der Waals surface area contributed by atoms with E-state index in [1.54, 1.807) is 58.9 Å². The van der Waals surface area contributed by atoms with Crippen LogP contribution in [-0.2, 0) is 16.6 Å². The quantitative estimate of drug-likeness (QED) is 0.403. The number of nitrogens with zero attached hydrogens (tertiary/aromatic N) is 4. The largest absolute Gasteiger partial charge is 0.463 e. The van der Waals surface area contributed by atoms with Gasteiger partial charge in [0, 0.05) is 0 Å². The van der Waals surface area contributed by atoms with E-state index in [0.717, 1.165) is 16.9 Å². The maximum Gasteiger partial charge on any atom is 0.271 e. The molecule has 0 bridgehead atoms. The zero-order valence-corrected chi connectivity index (χ0v) is 17.6. The van der Waals surface area contributed by atoms with Gasteiger partial charge in [0.15, 0.2) is 11.4 Å². The molecule has 0 radical (unpaired) electrons. The minimum atomic E-state index is -3.67. The van der Waals surface area contributed by atoms with Crippen molar-refractivity contribution in [3.05, 3.63) is 72.1 Å². The predicted molar refractivity (Wildman–Crippen MR) is 118 cm³/mol. The summed E-state index contributed by atoms with van der Waals surface area (Å²) < 4.78 is 35.5. The number of fused-ring (bicyclic) bond motifs is 1. The first-order valence-corrected chi connectivity index (χ1v) is 11.5. The molecule has 9 nitrogen and oxygen atoms in total. The minimum absolute atomic E-state index is 0.0901. The molecule has 0 fully saturated rings. The lowest BCUT2D eigenvalue weighted by atomic mass is 10.2. The lowest BCUT2D eigenvalue weighted by Crippen LogP contribution is -2.14. The van der Waals surface area contributed by atoms with Gasteiger partial charge < -0.3 is 14.7 Å². The van der Waals surface area contributed by atoms with Crippen LogP contribution in [0.2, 0.25) is 0 Å². The zero-order valence-electron chi connectivity index (χ0n) is 16.0. The Balaban J connectivity index is 1.53. The topological polar surface area (TPSA) is 129 Å². The second-order valence-electron chi connectivity index (χ2n) is 6.65. The number of para-hydroxylation sites is 1. The van der Waals surface area contributed by atoms with Crippen LogP contribution in [0.4, 0.5) is 11.6 Å². The fourth-order valence-electron chi connectivity index (χ4n) is 3.21. The summed E-state index contributed by atoms with van der Waals surface area (Å²) in [5.41, 5.74) is 8.71. The van der Waals surface area contributed by atoms with Crippen molar-refractivity contribution in [2.45, 2.75) is 10.8 Å². The number of nitrogens with two attached hydrogens (primary N) is 1. The molecule has 5 rings (SSSR count). The molecule has 0 aliphatic rings. The van der Waals surface area contributed by atoms with Crippen LogP contribution in [0.5, 0.6) is 0 Å². The Kier molecular flexibility index (Phi) is 4.68. The summed E-state index contributed by atoms with van der Waals surface area (Å²) in [4.78, 5) is 13.0. The molecule has 0 unspecified atom stereocenters. The molecule has 156 valence electrons. The van der Waals surface area contributed by atoms with Crippen molar-refractivity contribution < 1.29 is 12.8 Å². The van der Waals surface area contributed by atoms with E-state index >= 15 is 0 Å². The smallest absolute Gasteiger partial charge is 0.271 e. The molecule has 1 aromatic carbocycles. The summed E-state index contributed by atoms with van der Waals surface area (Å²) in [6, 6.07) is 14.0. The van der Waals surface area contributed by atoms with Gasteiger partial charge in [-0.3, -0.25) is 4.72 Å². The average molecular weight is 453 g/mol. The molecule has 4 aromatic heterocycles. The van der Waals surface area contributed by atoms with Crippen molar-refractivity contribution in [1.29, 1.82) is 0 Å². The number of nitrogen functional groups attached to an aromatic ring is 1. The number of imidazole rings is 1. The Morgan fingerprint density at radius 3 is 2.74 bits per heavy atom. The number of anilines is 2. The van der Waals surface area contributed by atoms with Crippen LogP contribution >= 0.6 is 11.3 Å². The van der Waals surface area contributed by atoms with Crippen LogP contribution in [-0.4, -0.2) is 27.9 Å². The van der Waals surface area contributed by atoms with Crippen LogP contribution in [0.3, 0.4) is 0 Å². The Morgan fingerprint density at radius 1 is 1.10 bits per heavy atom. The van der Waals surface area contributed by atoms with Crippen molar-refractivity contribution in [3.8, 4) is 11.5 Å². The molecular weight excluding hydrogens is 436 g/mol. The summed E-state index contributed by atoms with van der Waals surface area (Å²) in [7, 11) is -3.67. The van der Waals surface area contributed by atoms with Gasteiger partial charge in [-0.2, -0.15) is 4.98 Å². The van der Waals surface area contributed by atoms with Crippen LogP contribution in [0.1, 0.15) is 5.56 Å². The minimum Gasteiger partial charge on any atom is -0.463 e. The molecule has 0 aliphatic carbocycles. The van der Waals surface area contributed by atoms with Gasteiger partial charge >= 0.3 is 0 Å². The Morgan fingerprint density at radius 2 is 1.97 bits per heavy atom. The molecule has 3 N–H and O–H groups in total. The lowest BCUT2D eigenvalue weighted by Gasteiger charge is -2.12. The standard InChI is InChI=1S/C20H16N6O3S2/c21-20-23-17(15-7-3-9-29-15)18-19(24-20)26(12-22-18)11-13-5-1-2-6-14(13)25-31(27,28)16-8-4-10-30-16/h1-10,12,25H,11H2,(H2,21,23,24). The molecule has 0 saturated heterocycles. The van der Waals surface area contributed by atoms with E-state index in [1.165, 1.54) is 0 Å². The van der Waals surface area contributed by atoms with Crippen LogP contribution in [0.25, 0.3) is 22.6 Å². The van der Waals surface area contributed by atoms with Crippen molar-refractivity contribution in [2.24, 2.45) is 0 Å². The van der Waals surface area contributed by atoms with Crippen molar-refractivity contribution >= 4 is 44.2 Å². The molecule has 0 aliphatic heterocycles. The van der Waals surface area contributed by atoms with E-state index in [1.807, 2.05) is 12.1 Å². The van der Waals surface area contributed by atoms with Crippen LogP contribution in [0.15, 0.2) is 75.1 Å². The summed E-state index contributed by atoms with van der Waals surface area (Å²) in [6.45, 7) is 0.327. The number of furan rings is 1. The lowest BCUT2D eigenvalue weighted by molar-refractivity contribution is 0.580. The molecule has 31 heavy (non-hydrogen) atoms. The van der Waals surface area contributed by atoms with Gasteiger partial charge in [-0.25, -0.2) is 18.4 Å². The monoisotopic (exact) mass is 452 g/mol. The third kappa shape index (κ3) is 3.64. The highest BCUT2D eigenvalue weighted by Gasteiger charge is 2.19. The first-order valence-electron chi connectivity index (χ1n) is 9.18. The second-order valence-corrected chi connectivity index (χ2v) is 9.50. The number of hydrogen-bond acceptors (Lipinski definition) is 8. The van der Waals surface area contributed by atoms with E-state index in [4.69, 9.17) is 10.2 Å². The third-order valence-electron chi connectivity index (χ3n) is 4.60. The number of nitrogens with one attached hydrogen (secondary N) is 1. The van der Waals surface area contributed by atoms with E-state index < -0.39 is 10.0 Å². The highest BCUT2D eigenvalue weighted by Crippen LogP contribution is 2.28. The number of benzene rings is 1. The highest BCUT2D eigenvalue weighted by atomic mass is 32.2. The molecule has 0 amide bonds. The summed E-state index contributed by atoms with van der Waals surface area (Å²) in [5.74, 6) is 0.626. The first-order chi connectivity index (χ1) is 15.0. The number of hydrogen-bond donors (Lipinski definition) is 2. The first kappa shape index (κ1) is 19.3. The molecule has 4 heterocycles. The molecular formula is C20H16N6O3S2. The van der Waals surface area contributed by atoms with Crippen molar-refractivity contribution in [3.63, 3.8) is 0 Å². The van der Waals surface area contributed by atoms with Gasteiger partial charge in [0.25, 0.3) is 10.0 Å². The summed E-state index contributed by atoms with van der Waals surface area (Å²) >= 11 is 1.16. The SMILES string of the molecule is Nc1nc(-c2ccco2)c2ncn(Cc3ccccc3NS(=O)(=O)c3cccs3)c2n1. The average Bonchev–Trinajstić information content (AvgIpc) is 3.51. The third-order valence-corrected chi connectivity index (χ3v) is 7.36. The number of thiophene rings is 1. The Hall–Kier alpha value is -3.70. The molecule has 11 heteroatoms. The van der Waals surface area contributed by atoms with E-state index in [-0.39, 0.29) is 10.2 Å². The van der Waals surface area contributed by atoms with Gasteiger partial charge in [0.2, 0.25) is 5.95 Å². The maximum atomic E-state index is 12.7. The molecule has 0 atom stereocenters. The normalized spacial score (nSPS) is 11.7. The molecule has 0 saturated carbocycles. The van der Waals surface area contributed by atoms with Crippen LogP contribution in [0, 0.1) is 0 Å². The van der Waals surface area contributed by atoms with Gasteiger partial charge in [0.05, 0.1) is 24.8 Å². The number of aromatic nitrogens is 4. The summed E-state index contributed by atoms with van der Waals surface area (Å²) in [5, 5.41) is 1.72. The van der Waals surface area contributed by atoms with Crippen molar-refractivity contribution in [2.75, 3.05) is 10.5 Å².